The van der Waals surface area contributed by atoms with E-state index in [9.17, 15) is 0 Å². The summed E-state index contributed by atoms with van der Waals surface area (Å²) in [5.74, 6) is 2.62. The van der Waals surface area contributed by atoms with Crippen molar-refractivity contribution >= 4 is 0 Å². The first-order valence-corrected chi connectivity index (χ1v) is 4.87. The van der Waals surface area contributed by atoms with Crippen LogP contribution >= 0.6 is 0 Å². The zero-order valence-corrected chi connectivity index (χ0v) is 7.55. The van der Waals surface area contributed by atoms with Gasteiger partial charge in [-0.15, -0.1) is 0 Å². The second-order valence-corrected chi connectivity index (χ2v) is 4.55. The average molecular weight is 154 g/mol. The minimum atomic E-state index is 0.626. The molecule has 0 bridgehead atoms. The molecule has 4 unspecified atom stereocenters. The molecule has 0 radical (unpaired) electrons. The molecule has 0 spiro atoms. The zero-order chi connectivity index (χ0) is 7.84. The van der Waals surface area contributed by atoms with Gasteiger partial charge in [0.15, 0.2) is 0 Å². The third-order valence-electron chi connectivity index (χ3n) is 3.17. The SMILES string of the molecule is CC1COC2CC(C)CC2C1. The minimum Gasteiger partial charge on any atom is -0.378 e. The molecule has 0 amide bonds. The van der Waals surface area contributed by atoms with E-state index >= 15 is 0 Å². The highest BCUT2D eigenvalue weighted by atomic mass is 16.5. The van der Waals surface area contributed by atoms with Crippen molar-refractivity contribution in [2.45, 2.75) is 39.2 Å². The van der Waals surface area contributed by atoms with Crippen LogP contribution < -0.4 is 0 Å². The summed E-state index contributed by atoms with van der Waals surface area (Å²) in [5.41, 5.74) is 0. The van der Waals surface area contributed by atoms with Crippen molar-refractivity contribution < 1.29 is 4.74 Å². The Morgan fingerprint density at radius 1 is 1.00 bits per heavy atom. The summed E-state index contributed by atoms with van der Waals surface area (Å²) in [6, 6.07) is 0. The summed E-state index contributed by atoms with van der Waals surface area (Å²) in [4.78, 5) is 0. The van der Waals surface area contributed by atoms with Crippen LogP contribution in [0.2, 0.25) is 0 Å². The van der Waals surface area contributed by atoms with Gasteiger partial charge in [-0.05, 0) is 37.0 Å². The van der Waals surface area contributed by atoms with Crippen molar-refractivity contribution in [3.63, 3.8) is 0 Å². The number of hydrogen-bond donors (Lipinski definition) is 0. The van der Waals surface area contributed by atoms with E-state index in [4.69, 9.17) is 4.74 Å². The molecule has 11 heavy (non-hydrogen) atoms. The highest BCUT2D eigenvalue weighted by Gasteiger charge is 2.36. The lowest BCUT2D eigenvalue weighted by atomic mass is 9.90. The zero-order valence-electron chi connectivity index (χ0n) is 7.55. The van der Waals surface area contributed by atoms with Crippen molar-refractivity contribution in [2.24, 2.45) is 17.8 Å². The van der Waals surface area contributed by atoms with Crippen LogP contribution in [0.15, 0.2) is 0 Å². The quantitative estimate of drug-likeness (QED) is 0.521. The van der Waals surface area contributed by atoms with Crippen LogP contribution in [0.25, 0.3) is 0 Å². The molecule has 0 aromatic carbocycles. The third-order valence-corrected chi connectivity index (χ3v) is 3.17. The maximum Gasteiger partial charge on any atom is 0.0606 e. The van der Waals surface area contributed by atoms with Gasteiger partial charge in [-0.1, -0.05) is 13.8 Å². The van der Waals surface area contributed by atoms with Crippen LogP contribution in [-0.4, -0.2) is 12.7 Å². The number of rotatable bonds is 0. The lowest BCUT2D eigenvalue weighted by molar-refractivity contribution is -0.0365. The van der Waals surface area contributed by atoms with Crippen molar-refractivity contribution in [3.05, 3.63) is 0 Å². The molecule has 1 saturated heterocycles. The normalized spacial score (nSPS) is 50.7. The number of fused-ring (bicyclic) bond motifs is 1. The molecule has 1 heteroatoms. The van der Waals surface area contributed by atoms with E-state index in [1.54, 1.807) is 0 Å². The summed E-state index contributed by atoms with van der Waals surface area (Å²) in [5, 5.41) is 0. The van der Waals surface area contributed by atoms with Crippen molar-refractivity contribution in [3.8, 4) is 0 Å². The van der Waals surface area contributed by atoms with Gasteiger partial charge in [-0.3, -0.25) is 0 Å². The second kappa shape index (κ2) is 2.78. The fourth-order valence-electron chi connectivity index (χ4n) is 2.68. The van der Waals surface area contributed by atoms with Gasteiger partial charge in [0, 0.05) is 6.61 Å². The first-order valence-electron chi connectivity index (χ1n) is 4.87. The monoisotopic (exact) mass is 154 g/mol. The largest absolute Gasteiger partial charge is 0.378 e. The minimum absolute atomic E-state index is 0.626. The Hall–Kier alpha value is -0.0400. The molecule has 64 valence electrons. The molecule has 2 fully saturated rings. The molecule has 2 rings (SSSR count). The first kappa shape index (κ1) is 7.60. The van der Waals surface area contributed by atoms with E-state index in [-0.39, 0.29) is 0 Å². The van der Waals surface area contributed by atoms with Crippen LogP contribution in [0, 0.1) is 17.8 Å². The van der Waals surface area contributed by atoms with Crippen LogP contribution in [0.3, 0.4) is 0 Å². The van der Waals surface area contributed by atoms with Crippen LogP contribution in [-0.2, 0) is 4.74 Å². The summed E-state index contributed by atoms with van der Waals surface area (Å²) >= 11 is 0. The van der Waals surface area contributed by atoms with Gasteiger partial charge >= 0.3 is 0 Å². The molecule has 0 aromatic heterocycles. The molecule has 1 aliphatic carbocycles. The second-order valence-electron chi connectivity index (χ2n) is 4.55. The van der Waals surface area contributed by atoms with E-state index in [2.05, 4.69) is 13.8 Å². The van der Waals surface area contributed by atoms with Gasteiger partial charge in [0.25, 0.3) is 0 Å². The third kappa shape index (κ3) is 1.44. The summed E-state index contributed by atoms with van der Waals surface area (Å²) in [6.07, 6.45) is 4.77. The molecule has 2 aliphatic rings. The molecule has 0 N–H and O–H groups in total. The van der Waals surface area contributed by atoms with Crippen molar-refractivity contribution in [1.82, 2.24) is 0 Å². The van der Waals surface area contributed by atoms with Crippen LogP contribution in [0.5, 0.6) is 0 Å². The van der Waals surface area contributed by atoms with Gasteiger partial charge in [0.05, 0.1) is 6.10 Å². The standard InChI is InChI=1S/C10H18O/c1-7-3-9-4-8(2)6-11-10(9)5-7/h7-10H,3-6H2,1-2H3. The van der Waals surface area contributed by atoms with Gasteiger partial charge in [0.1, 0.15) is 0 Å². The Bertz CT molecular complexity index is 144. The fourth-order valence-corrected chi connectivity index (χ4v) is 2.68. The van der Waals surface area contributed by atoms with E-state index in [1.165, 1.54) is 19.3 Å². The lowest BCUT2D eigenvalue weighted by Gasteiger charge is -2.29. The Kier molecular flexibility index (Phi) is 1.92. The average Bonchev–Trinajstić information content (AvgIpc) is 2.27. The summed E-state index contributed by atoms with van der Waals surface area (Å²) in [7, 11) is 0. The maximum atomic E-state index is 5.78. The topological polar surface area (TPSA) is 9.23 Å². The van der Waals surface area contributed by atoms with Crippen molar-refractivity contribution in [2.75, 3.05) is 6.61 Å². The van der Waals surface area contributed by atoms with Gasteiger partial charge in [-0.2, -0.15) is 0 Å². The molecule has 1 nitrogen and oxygen atoms in total. The van der Waals surface area contributed by atoms with Gasteiger partial charge < -0.3 is 4.74 Å². The lowest BCUT2D eigenvalue weighted by Crippen LogP contribution is -2.29. The Balaban J connectivity index is 1.97. The molecule has 0 aromatic rings. The molecule has 1 heterocycles. The first-order chi connectivity index (χ1) is 5.25. The van der Waals surface area contributed by atoms with E-state index in [0.717, 1.165) is 24.4 Å². The fraction of sp³-hybridized carbons (Fsp3) is 1.00. The number of hydrogen-bond acceptors (Lipinski definition) is 1. The Morgan fingerprint density at radius 2 is 1.73 bits per heavy atom. The molecular formula is C10H18O. The van der Waals surface area contributed by atoms with Gasteiger partial charge in [0.2, 0.25) is 0 Å². The Labute approximate surface area is 69.1 Å². The Morgan fingerprint density at radius 3 is 2.55 bits per heavy atom. The smallest absolute Gasteiger partial charge is 0.0606 e. The van der Waals surface area contributed by atoms with Crippen molar-refractivity contribution in [1.29, 1.82) is 0 Å². The molecule has 4 atom stereocenters. The predicted molar refractivity (Wildman–Crippen MR) is 45.4 cm³/mol. The summed E-state index contributed by atoms with van der Waals surface area (Å²) in [6.45, 7) is 5.67. The highest BCUT2D eigenvalue weighted by molar-refractivity contribution is 4.86. The molecular weight excluding hydrogens is 136 g/mol. The highest BCUT2D eigenvalue weighted by Crippen LogP contribution is 2.39. The van der Waals surface area contributed by atoms with E-state index < -0.39 is 0 Å². The van der Waals surface area contributed by atoms with Crippen LogP contribution in [0.1, 0.15) is 33.1 Å². The van der Waals surface area contributed by atoms with Gasteiger partial charge in [-0.25, -0.2) is 0 Å². The molecule has 1 saturated carbocycles. The van der Waals surface area contributed by atoms with E-state index in [1.807, 2.05) is 0 Å². The maximum absolute atomic E-state index is 5.78. The number of ether oxygens (including phenoxy) is 1. The predicted octanol–water partition coefficient (Wildman–Crippen LogP) is 2.46. The molecule has 1 aliphatic heterocycles. The van der Waals surface area contributed by atoms with Crippen LogP contribution in [0.4, 0.5) is 0 Å². The summed E-state index contributed by atoms with van der Waals surface area (Å²) < 4.78 is 5.78. The van der Waals surface area contributed by atoms with E-state index in [0.29, 0.717) is 6.10 Å².